The van der Waals surface area contributed by atoms with E-state index in [1.54, 1.807) is 0 Å². The van der Waals surface area contributed by atoms with Crippen LogP contribution in [0.25, 0.3) is 0 Å². The van der Waals surface area contributed by atoms with Crippen molar-refractivity contribution in [1.29, 1.82) is 0 Å². The van der Waals surface area contributed by atoms with Gasteiger partial charge >= 0.3 is 5.97 Å². The first kappa shape index (κ1) is 20.4. The van der Waals surface area contributed by atoms with Crippen molar-refractivity contribution in [3.05, 3.63) is 34.9 Å². The zero-order chi connectivity index (χ0) is 19.4. The van der Waals surface area contributed by atoms with Gasteiger partial charge in [-0.1, -0.05) is 42.9 Å². The third-order valence-electron chi connectivity index (χ3n) is 6.62. The zero-order valence-electron chi connectivity index (χ0n) is 16.4. The standard InChI is InChI=1S/C21H32BN2O3/c1-15-4-6-18-16(14-15)5-7-19(18)24-12-8-17(9-13-24)21(23,20(25)26)10-2-3-11-22-27/h4,6,14,17,19,27H,2-3,5,7-13,23H2,1H3,(H,25,26). The van der Waals surface area contributed by atoms with Gasteiger partial charge in [0.25, 0.3) is 7.48 Å². The molecule has 2 atom stereocenters. The van der Waals surface area contributed by atoms with Gasteiger partial charge in [0.15, 0.2) is 0 Å². The van der Waals surface area contributed by atoms with Crippen LogP contribution in [0.4, 0.5) is 0 Å². The van der Waals surface area contributed by atoms with Crippen LogP contribution in [0.1, 0.15) is 61.3 Å². The van der Waals surface area contributed by atoms with Crippen molar-refractivity contribution >= 4 is 13.5 Å². The van der Waals surface area contributed by atoms with E-state index in [0.717, 1.165) is 59.1 Å². The zero-order valence-corrected chi connectivity index (χ0v) is 16.4. The van der Waals surface area contributed by atoms with Gasteiger partial charge in [0.05, 0.1) is 0 Å². The molecule has 0 bridgehead atoms. The molecule has 3 rings (SSSR count). The van der Waals surface area contributed by atoms with Gasteiger partial charge in [0.2, 0.25) is 0 Å². The smallest absolute Gasteiger partial charge is 0.323 e. The maximum atomic E-state index is 11.9. The number of carbonyl (C=O) groups is 1. The summed E-state index contributed by atoms with van der Waals surface area (Å²) < 4.78 is 0. The van der Waals surface area contributed by atoms with Crippen molar-refractivity contribution in [1.82, 2.24) is 4.90 Å². The van der Waals surface area contributed by atoms with E-state index in [2.05, 4.69) is 30.0 Å². The van der Waals surface area contributed by atoms with E-state index in [9.17, 15) is 9.90 Å². The maximum Gasteiger partial charge on any atom is 0.323 e. The molecule has 1 fully saturated rings. The molecule has 1 aliphatic carbocycles. The SMILES string of the molecule is Cc1ccc2c(c1)CCC2N1CCC(C(N)(CCCC[B]O)C(=O)O)CC1. The Morgan fingerprint density at radius 3 is 2.70 bits per heavy atom. The number of hydrogen-bond donors (Lipinski definition) is 3. The number of nitrogens with two attached hydrogens (primary N) is 1. The summed E-state index contributed by atoms with van der Waals surface area (Å²) in [5, 5.41) is 18.6. The van der Waals surface area contributed by atoms with Crippen LogP contribution in [0.15, 0.2) is 18.2 Å². The number of rotatable bonds is 8. The van der Waals surface area contributed by atoms with Crippen LogP contribution < -0.4 is 5.73 Å². The average molecular weight is 371 g/mol. The molecule has 0 amide bonds. The molecule has 1 aromatic carbocycles. The third kappa shape index (κ3) is 4.39. The second kappa shape index (κ2) is 8.76. The van der Waals surface area contributed by atoms with Crippen LogP contribution in [-0.2, 0) is 11.2 Å². The molecule has 4 N–H and O–H groups in total. The van der Waals surface area contributed by atoms with Crippen LogP contribution >= 0.6 is 0 Å². The van der Waals surface area contributed by atoms with E-state index < -0.39 is 11.5 Å². The molecule has 147 valence electrons. The molecule has 0 saturated carbocycles. The summed E-state index contributed by atoms with van der Waals surface area (Å²) in [7, 11) is 1.14. The predicted octanol–water partition coefficient (Wildman–Crippen LogP) is 2.68. The monoisotopic (exact) mass is 371 g/mol. The van der Waals surface area contributed by atoms with Crippen molar-refractivity contribution in [2.75, 3.05) is 13.1 Å². The molecule has 2 aliphatic rings. The lowest BCUT2D eigenvalue weighted by atomic mass is 9.74. The fraction of sp³-hybridized carbons (Fsp3) is 0.667. The lowest BCUT2D eigenvalue weighted by Crippen LogP contribution is -2.57. The Bertz CT molecular complexity index is 661. The van der Waals surface area contributed by atoms with E-state index in [1.807, 2.05) is 0 Å². The summed E-state index contributed by atoms with van der Waals surface area (Å²) in [5.74, 6) is -0.862. The van der Waals surface area contributed by atoms with Gasteiger partial charge in [0.1, 0.15) is 5.54 Å². The van der Waals surface area contributed by atoms with E-state index in [-0.39, 0.29) is 5.92 Å². The molecular weight excluding hydrogens is 339 g/mol. The van der Waals surface area contributed by atoms with E-state index in [0.29, 0.717) is 18.8 Å². The molecule has 0 spiro atoms. The second-order valence-electron chi connectivity index (χ2n) is 8.34. The number of carboxylic acids is 1. The normalized spacial score (nSPS) is 23.0. The summed E-state index contributed by atoms with van der Waals surface area (Å²) in [6, 6.07) is 7.25. The fourth-order valence-electron chi connectivity index (χ4n) is 4.97. The number of likely N-dealkylation sites (tertiary alicyclic amines) is 1. The van der Waals surface area contributed by atoms with Gasteiger partial charge in [0, 0.05) is 6.04 Å². The highest BCUT2D eigenvalue weighted by molar-refractivity contribution is 6.25. The highest BCUT2D eigenvalue weighted by atomic mass is 16.4. The highest BCUT2D eigenvalue weighted by Crippen LogP contribution is 2.40. The number of aryl methyl sites for hydroxylation is 2. The molecule has 1 radical (unpaired) electrons. The van der Waals surface area contributed by atoms with Crippen LogP contribution in [0.2, 0.25) is 6.32 Å². The number of piperidine rings is 1. The van der Waals surface area contributed by atoms with E-state index >= 15 is 0 Å². The van der Waals surface area contributed by atoms with Crippen LogP contribution in [-0.4, -0.2) is 47.1 Å². The van der Waals surface area contributed by atoms with Crippen molar-refractivity contribution < 1.29 is 14.9 Å². The largest absolute Gasteiger partial charge is 0.480 e. The van der Waals surface area contributed by atoms with Crippen molar-refractivity contribution in [2.45, 2.75) is 69.8 Å². The molecule has 5 nitrogen and oxygen atoms in total. The van der Waals surface area contributed by atoms with Crippen LogP contribution in [0, 0.1) is 12.8 Å². The minimum Gasteiger partial charge on any atom is -0.480 e. The lowest BCUT2D eigenvalue weighted by molar-refractivity contribution is -0.147. The van der Waals surface area contributed by atoms with E-state index in [4.69, 9.17) is 10.8 Å². The molecule has 0 aromatic heterocycles. The quantitative estimate of drug-likeness (QED) is 0.483. The average Bonchev–Trinajstić information content (AvgIpc) is 3.08. The number of unbranched alkanes of at least 4 members (excludes halogenated alkanes) is 1. The van der Waals surface area contributed by atoms with Gasteiger partial charge in [-0.3, -0.25) is 9.69 Å². The topological polar surface area (TPSA) is 86.8 Å². The molecule has 1 heterocycles. The Morgan fingerprint density at radius 1 is 1.30 bits per heavy atom. The molecule has 6 heteroatoms. The van der Waals surface area contributed by atoms with Gasteiger partial charge in [-0.05, 0) is 69.2 Å². The Morgan fingerprint density at radius 2 is 2.04 bits per heavy atom. The van der Waals surface area contributed by atoms with Crippen LogP contribution in [0.5, 0.6) is 0 Å². The van der Waals surface area contributed by atoms with Gasteiger partial charge < -0.3 is 15.9 Å². The number of nitrogens with zero attached hydrogens (tertiary/aromatic N) is 1. The highest BCUT2D eigenvalue weighted by Gasteiger charge is 2.44. The molecule has 1 aromatic rings. The van der Waals surface area contributed by atoms with Crippen LogP contribution in [0.3, 0.4) is 0 Å². The third-order valence-corrected chi connectivity index (χ3v) is 6.62. The van der Waals surface area contributed by atoms with Crippen molar-refractivity contribution in [3.8, 4) is 0 Å². The molecule has 27 heavy (non-hydrogen) atoms. The molecular formula is C21H32BN2O3. The first-order valence-corrected chi connectivity index (χ1v) is 10.3. The van der Waals surface area contributed by atoms with Gasteiger partial charge in [-0.15, -0.1) is 0 Å². The molecule has 2 unspecified atom stereocenters. The van der Waals surface area contributed by atoms with Crippen molar-refractivity contribution in [2.24, 2.45) is 11.7 Å². The van der Waals surface area contributed by atoms with Gasteiger partial charge in [-0.2, -0.15) is 0 Å². The summed E-state index contributed by atoms with van der Waals surface area (Å²) in [4.78, 5) is 14.5. The minimum absolute atomic E-state index is 0.0169. The first-order chi connectivity index (χ1) is 13.0. The summed E-state index contributed by atoms with van der Waals surface area (Å²) in [6.07, 6.45) is 6.56. The minimum atomic E-state index is -1.15. The Balaban J connectivity index is 1.60. The molecule has 1 saturated heterocycles. The fourth-order valence-corrected chi connectivity index (χ4v) is 4.97. The maximum absolute atomic E-state index is 11.9. The summed E-state index contributed by atoms with van der Waals surface area (Å²) in [6.45, 7) is 3.98. The molecule has 1 aliphatic heterocycles. The second-order valence-corrected chi connectivity index (χ2v) is 8.34. The lowest BCUT2D eigenvalue weighted by Gasteiger charge is -2.42. The predicted molar refractivity (Wildman–Crippen MR) is 108 cm³/mol. The van der Waals surface area contributed by atoms with E-state index in [1.165, 1.54) is 16.7 Å². The number of fused-ring (bicyclic) bond motifs is 1. The number of aliphatic carboxylic acids is 1. The first-order valence-electron chi connectivity index (χ1n) is 10.3. The summed E-state index contributed by atoms with van der Waals surface area (Å²) in [5.41, 5.74) is 9.50. The summed E-state index contributed by atoms with van der Waals surface area (Å²) >= 11 is 0. The Labute approximate surface area is 163 Å². The van der Waals surface area contributed by atoms with Gasteiger partial charge in [-0.25, -0.2) is 0 Å². The number of benzene rings is 1. The Kier molecular flexibility index (Phi) is 6.61. The Hall–Kier alpha value is -1.37. The van der Waals surface area contributed by atoms with Crippen molar-refractivity contribution in [3.63, 3.8) is 0 Å². The number of carboxylic acid groups (broad SMARTS) is 1. The number of hydrogen-bond acceptors (Lipinski definition) is 4.